The van der Waals surface area contributed by atoms with Gasteiger partial charge in [-0.05, 0) is 36.6 Å². The van der Waals surface area contributed by atoms with Crippen molar-refractivity contribution in [1.29, 1.82) is 0 Å². The molecule has 0 radical (unpaired) electrons. The zero-order valence-corrected chi connectivity index (χ0v) is 17.6. The molecule has 156 valence electrons. The molecule has 2 aliphatic heterocycles. The van der Waals surface area contributed by atoms with Crippen LogP contribution in [0, 0.1) is 6.92 Å². The Morgan fingerprint density at radius 2 is 2.17 bits per heavy atom. The van der Waals surface area contributed by atoms with Crippen molar-refractivity contribution >= 4 is 33.3 Å². The first-order chi connectivity index (χ1) is 14.6. The number of amides is 1. The summed E-state index contributed by atoms with van der Waals surface area (Å²) in [6.45, 7) is 4.08. The maximum Gasteiger partial charge on any atom is 0.264 e. The van der Waals surface area contributed by atoms with E-state index in [2.05, 4.69) is 15.3 Å². The lowest BCUT2D eigenvalue weighted by molar-refractivity contribution is 0.0715. The fourth-order valence-electron chi connectivity index (χ4n) is 3.80. The van der Waals surface area contributed by atoms with Gasteiger partial charge < -0.3 is 24.4 Å². The number of thiophene rings is 1. The van der Waals surface area contributed by atoms with Crippen LogP contribution in [0.15, 0.2) is 24.5 Å². The molecule has 1 aromatic carbocycles. The zero-order chi connectivity index (χ0) is 20.7. The van der Waals surface area contributed by atoms with Crippen LogP contribution < -0.4 is 14.8 Å². The van der Waals surface area contributed by atoms with E-state index in [1.807, 2.05) is 32.2 Å². The van der Waals surface area contributed by atoms with Crippen molar-refractivity contribution in [2.75, 3.05) is 32.4 Å². The van der Waals surface area contributed by atoms with E-state index in [0.29, 0.717) is 24.6 Å². The Kier molecular flexibility index (Phi) is 4.92. The van der Waals surface area contributed by atoms with Crippen molar-refractivity contribution < 1.29 is 19.0 Å². The molecule has 2 aromatic heterocycles. The number of ether oxygens (including phenoxy) is 3. The number of hydrogen-bond donors (Lipinski definition) is 1. The average molecular weight is 426 g/mol. The summed E-state index contributed by atoms with van der Waals surface area (Å²) >= 11 is 1.41. The highest BCUT2D eigenvalue weighted by atomic mass is 32.1. The molecular weight excluding hydrogens is 404 g/mol. The summed E-state index contributed by atoms with van der Waals surface area (Å²) in [5, 5.41) is 4.28. The summed E-state index contributed by atoms with van der Waals surface area (Å²) in [5.41, 5.74) is 1.95. The van der Waals surface area contributed by atoms with Crippen LogP contribution >= 0.6 is 11.3 Å². The third-order valence-electron chi connectivity index (χ3n) is 5.59. The molecule has 8 nitrogen and oxygen atoms in total. The number of anilines is 1. The summed E-state index contributed by atoms with van der Waals surface area (Å²) in [5.74, 6) is 2.24. The highest BCUT2D eigenvalue weighted by molar-refractivity contribution is 7.20. The summed E-state index contributed by atoms with van der Waals surface area (Å²) in [4.78, 5) is 25.2. The first-order valence-corrected chi connectivity index (χ1v) is 10.6. The molecule has 0 aliphatic carbocycles. The van der Waals surface area contributed by atoms with E-state index < -0.39 is 0 Å². The van der Waals surface area contributed by atoms with Crippen LogP contribution in [0.4, 0.5) is 5.82 Å². The van der Waals surface area contributed by atoms with Crippen molar-refractivity contribution in [2.45, 2.75) is 25.9 Å². The minimum atomic E-state index is 0.00715. The maximum atomic E-state index is 13.1. The molecule has 4 heterocycles. The second-order valence-electron chi connectivity index (χ2n) is 7.43. The predicted octanol–water partition coefficient (Wildman–Crippen LogP) is 3.20. The van der Waals surface area contributed by atoms with Crippen LogP contribution in [-0.4, -0.2) is 53.9 Å². The van der Waals surface area contributed by atoms with Crippen LogP contribution in [0.25, 0.3) is 10.2 Å². The van der Waals surface area contributed by atoms with Gasteiger partial charge in [0.1, 0.15) is 17.0 Å². The first-order valence-electron chi connectivity index (χ1n) is 9.83. The zero-order valence-electron chi connectivity index (χ0n) is 16.8. The molecule has 0 spiro atoms. The van der Waals surface area contributed by atoms with Crippen molar-refractivity contribution in [3.8, 4) is 11.5 Å². The van der Waals surface area contributed by atoms with E-state index in [0.717, 1.165) is 45.1 Å². The van der Waals surface area contributed by atoms with Gasteiger partial charge in [0.2, 0.25) is 6.79 Å². The van der Waals surface area contributed by atoms with Crippen LogP contribution in [0.1, 0.15) is 27.2 Å². The molecule has 1 atom stereocenters. The Labute approximate surface area is 177 Å². The number of rotatable bonds is 5. The van der Waals surface area contributed by atoms with E-state index in [1.165, 1.54) is 17.7 Å². The molecule has 1 N–H and O–H groups in total. The van der Waals surface area contributed by atoms with Crippen LogP contribution in [0.2, 0.25) is 0 Å². The summed E-state index contributed by atoms with van der Waals surface area (Å²) in [6, 6.07) is 5.98. The molecule has 1 saturated heterocycles. The number of carbonyl (C=O) groups excluding carboxylic acids is 1. The lowest BCUT2D eigenvalue weighted by Gasteiger charge is -2.22. The number of nitrogens with one attached hydrogen (secondary N) is 1. The Morgan fingerprint density at radius 1 is 1.30 bits per heavy atom. The van der Waals surface area contributed by atoms with Gasteiger partial charge in [0.25, 0.3) is 5.91 Å². The Morgan fingerprint density at radius 3 is 3.00 bits per heavy atom. The molecule has 0 unspecified atom stereocenters. The Balaban J connectivity index is 1.40. The Hall–Kier alpha value is -2.91. The monoisotopic (exact) mass is 426 g/mol. The topological polar surface area (TPSA) is 85.8 Å². The molecule has 0 saturated carbocycles. The third-order valence-corrected chi connectivity index (χ3v) is 6.78. The second-order valence-corrected chi connectivity index (χ2v) is 8.43. The molecule has 9 heteroatoms. The van der Waals surface area contributed by atoms with E-state index >= 15 is 0 Å². The van der Waals surface area contributed by atoms with Crippen molar-refractivity contribution in [3.63, 3.8) is 0 Å². The fourth-order valence-corrected chi connectivity index (χ4v) is 4.93. The minimum absolute atomic E-state index is 0.00715. The van der Waals surface area contributed by atoms with Crippen molar-refractivity contribution in [3.05, 3.63) is 40.5 Å². The second kappa shape index (κ2) is 7.73. The van der Waals surface area contributed by atoms with Crippen molar-refractivity contribution in [2.24, 2.45) is 0 Å². The van der Waals surface area contributed by atoms with Crippen molar-refractivity contribution in [1.82, 2.24) is 14.9 Å². The van der Waals surface area contributed by atoms with Crippen LogP contribution in [0.5, 0.6) is 11.5 Å². The van der Waals surface area contributed by atoms with E-state index in [9.17, 15) is 4.79 Å². The number of benzene rings is 1. The number of hydrogen-bond acceptors (Lipinski definition) is 8. The first kappa shape index (κ1) is 19.1. The van der Waals surface area contributed by atoms with Gasteiger partial charge in [-0.25, -0.2) is 9.97 Å². The Bertz CT molecular complexity index is 1110. The lowest BCUT2D eigenvalue weighted by Crippen LogP contribution is -2.37. The van der Waals surface area contributed by atoms with Gasteiger partial charge >= 0.3 is 0 Å². The number of carbonyl (C=O) groups is 1. The van der Waals surface area contributed by atoms with E-state index in [-0.39, 0.29) is 18.7 Å². The lowest BCUT2D eigenvalue weighted by atomic mass is 10.1. The number of fused-ring (bicyclic) bond motifs is 2. The largest absolute Gasteiger partial charge is 0.454 e. The molecule has 2 aliphatic rings. The van der Waals surface area contributed by atoms with Crippen LogP contribution in [0.3, 0.4) is 0 Å². The summed E-state index contributed by atoms with van der Waals surface area (Å²) < 4.78 is 16.2. The number of nitrogens with zero attached hydrogens (tertiary/aromatic N) is 3. The van der Waals surface area contributed by atoms with Gasteiger partial charge in [0.05, 0.1) is 22.9 Å². The normalized spacial score (nSPS) is 17.5. The summed E-state index contributed by atoms with van der Waals surface area (Å²) in [7, 11) is 1.84. The molecule has 1 fully saturated rings. The van der Waals surface area contributed by atoms with Gasteiger partial charge in [-0.15, -0.1) is 11.3 Å². The number of aromatic nitrogens is 2. The molecular formula is C21H22N4O4S. The summed E-state index contributed by atoms with van der Waals surface area (Å²) in [6.07, 6.45) is 2.40. The molecule has 5 rings (SSSR count). The minimum Gasteiger partial charge on any atom is -0.454 e. The molecule has 30 heavy (non-hydrogen) atoms. The molecule has 1 amide bonds. The van der Waals surface area contributed by atoms with Crippen LogP contribution in [-0.2, 0) is 11.3 Å². The highest BCUT2D eigenvalue weighted by Gasteiger charge is 2.28. The quantitative estimate of drug-likeness (QED) is 0.670. The number of likely N-dealkylation sites (N-methyl/N-ethyl adjacent to an activating group) is 1. The van der Waals surface area contributed by atoms with Gasteiger partial charge in [-0.3, -0.25) is 4.79 Å². The smallest absolute Gasteiger partial charge is 0.264 e. The predicted molar refractivity (Wildman–Crippen MR) is 113 cm³/mol. The third kappa shape index (κ3) is 3.33. The standard InChI is InChI=1S/C21H22N4O4S/c1-12-17-19(22-8-13-3-4-15-16(7-13)29-11-28-15)23-10-24-20(17)30-18(12)21(26)25(2)14-5-6-27-9-14/h3-4,7,10,14H,5-6,8-9,11H2,1-2H3,(H,22,23,24)/t14-/m1/s1. The average Bonchev–Trinajstić information content (AvgIpc) is 3.51. The highest BCUT2D eigenvalue weighted by Crippen LogP contribution is 2.35. The van der Waals surface area contributed by atoms with Gasteiger partial charge in [0.15, 0.2) is 11.5 Å². The SMILES string of the molecule is Cc1c(C(=O)N(C)[C@@H]2CCOC2)sc2ncnc(NCc3ccc4c(c3)OCO4)c12. The fraction of sp³-hybridized carbons (Fsp3) is 0.381. The van der Waals surface area contributed by atoms with Gasteiger partial charge in [-0.1, -0.05) is 6.07 Å². The number of aryl methyl sites for hydroxylation is 1. The molecule has 3 aromatic rings. The molecule has 0 bridgehead atoms. The van der Waals surface area contributed by atoms with E-state index in [4.69, 9.17) is 14.2 Å². The maximum absolute atomic E-state index is 13.1. The van der Waals surface area contributed by atoms with Gasteiger partial charge in [-0.2, -0.15) is 0 Å². The van der Waals surface area contributed by atoms with E-state index in [1.54, 1.807) is 4.90 Å². The van der Waals surface area contributed by atoms with Gasteiger partial charge in [0, 0.05) is 20.2 Å².